The molecule has 98 valence electrons. The topological polar surface area (TPSA) is 12.0 Å². The van der Waals surface area contributed by atoms with Crippen molar-refractivity contribution in [3.63, 3.8) is 0 Å². The lowest BCUT2D eigenvalue weighted by atomic mass is 9.97. The third-order valence-electron chi connectivity index (χ3n) is 3.48. The first kappa shape index (κ1) is 14.7. The zero-order chi connectivity index (χ0) is 12.7. The fraction of sp³-hybridized carbons (Fsp3) is 0.733. The molecule has 0 saturated carbocycles. The molecule has 0 saturated heterocycles. The average molecular weight is 253 g/mol. The molecule has 0 aromatic carbocycles. The molecule has 2 heteroatoms. The van der Waals surface area contributed by atoms with Crippen LogP contribution in [0.4, 0.5) is 0 Å². The minimum absolute atomic E-state index is 0.586. The SMILES string of the molecule is CCC(C)CC(CC)NC(C)Cc1cccs1. The van der Waals surface area contributed by atoms with Gasteiger partial charge in [-0.05, 0) is 43.6 Å². The van der Waals surface area contributed by atoms with Gasteiger partial charge < -0.3 is 5.32 Å². The van der Waals surface area contributed by atoms with Gasteiger partial charge in [-0.25, -0.2) is 0 Å². The van der Waals surface area contributed by atoms with E-state index < -0.39 is 0 Å². The molecule has 1 rings (SSSR count). The summed E-state index contributed by atoms with van der Waals surface area (Å²) in [7, 11) is 0. The predicted molar refractivity (Wildman–Crippen MR) is 78.8 cm³/mol. The standard InChI is InChI=1S/C15H27NS/c1-5-12(3)10-14(6-2)16-13(4)11-15-8-7-9-17-15/h7-9,12-14,16H,5-6,10-11H2,1-4H3. The summed E-state index contributed by atoms with van der Waals surface area (Å²) in [6.45, 7) is 9.23. The number of hydrogen-bond acceptors (Lipinski definition) is 2. The lowest BCUT2D eigenvalue weighted by Crippen LogP contribution is -2.38. The van der Waals surface area contributed by atoms with E-state index in [0.717, 1.165) is 12.3 Å². The summed E-state index contributed by atoms with van der Waals surface area (Å²) in [6.07, 6.45) is 4.99. The van der Waals surface area contributed by atoms with E-state index in [0.29, 0.717) is 12.1 Å². The smallest absolute Gasteiger partial charge is 0.00896 e. The lowest BCUT2D eigenvalue weighted by molar-refractivity contribution is 0.355. The van der Waals surface area contributed by atoms with Gasteiger partial charge in [0, 0.05) is 17.0 Å². The maximum atomic E-state index is 3.78. The summed E-state index contributed by atoms with van der Waals surface area (Å²) in [5, 5.41) is 5.94. The van der Waals surface area contributed by atoms with Crippen molar-refractivity contribution in [2.24, 2.45) is 5.92 Å². The Hall–Kier alpha value is -0.340. The molecular weight excluding hydrogens is 226 g/mol. The highest BCUT2D eigenvalue weighted by molar-refractivity contribution is 7.09. The Morgan fingerprint density at radius 3 is 2.53 bits per heavy atom. The Bertz CT molecular complexity index is 281. The van der Waals surface area contributed by atoms with Crippen LogP contribution in [0, 0.1) is 5.92 Å². The molecule has 1 nitrogen and oxygen atoms in total. The van der Waals surface area contributed by atoms with Gasteiger partial charge in [0.2, 0.25) is 0 Å². The van der Waals surface area contributed by atoms with Crippen LogP contribution >= 0.6 is 11.3 Å². The van der Waals surface area contributed by atoms with Crippen LogP contribution in [0.3, 0.4) is 0 Å². The van der Waals surface area contributed by atoms with Gasteiger partial charge in [0.05, 0.1) is 0 Å². The average Bonchev–Trinajstić information content (AvgIpc) is 2.80. The van der Waals surface area contributed by atoms with E-state index in [-0.39, 0.29) is 0 Å². The lowest BCUT2D eigenvalue weighted by Gasteiger charge is -2.24. The second kappa shape index (κ2) is 7.88. The fourth-order valence-electron chi connectivity index (χ4n) is 2.20. The molecule has 0 radical (unpaired) electrons. The Morgan fingerprint density at radius 1 is 1.24 bits per heavy atom. The van der Waals surface area contributed by atoms with E-state index in [9.17, 15) is 0 Å². The third kappa shape index (κ3) is 5.69. The van der Waals surface area contributed by atoms with E-state index in [1.165, 1.54) is 24.1 Å². The summed E-state index contributed by atoms with van der Waals surface area (Å²) in [5.41, 5.74) is 0. The summed E-state index contributed by atoms with van der Waals surface area (Å²) < 4.78 is 0. The van der Waals surface area contributed by atoms with Crippen LogP contribution in [0.1, 0.15) is 51.8 Å². The van der Waals surface area contributed by atoms with E-state index in [4.69, 9.17) is 0 Å². The maximum absolute atomic E-state index is 3.78. The van der Waals surface area contributed by atoms with E-state index in [1.54, 1.807) is 0 Å². The fourth-order valence-corrected chi connectivity index (χ4v) is 3.03. The number of nitrogens with one attached hydrogen (secondary N) is 1. The van der Waals surface area contributed by atoms with Gasteiger partial charge in [0.1, 0.15) is 0 Å². The second-order valence-corrected chi connectivity index (χ2v) is 6.24. The molecular formula is C15H27NS. The Balaban J connectivity index is 2.34. The maximum Gasteiger partial charge on any atom is 0.00896 e. The molecule has 0 spiro atoms. The quantitative estimate of drug-likeness (QED) is 0.720. The largest absolute Gasteiger partial charge is 0.311 e. The predicted octanol–water partition coefficient (Wildman–Crippen LogP) is 4.48. The summed E-state index contributed by atoms with van der Waals surface area (Å²) in [4.78, 5) is 1.49. The molecule has 1 heterocycles. The van der Waals surface area contributed by atoms with Crippen LogP contribution < -0.4 is 5.32 Å². The molecule has 1 aromatic rings. The van der Waals surface area contributed by atoms with Crippen molar-refractivity contribution in [2.45, 2.75) is 65.5 Å². The highest BCUT2D eigenvalue weighted by Gasteiger charge is 2.13. The number of thiophene rings is 1. The van der Waals surface area contributed by atoms with Gasteiger partial charge in [-0.1, -0.05) is 33.3 Å². The van der Waals surface area contributed by atoms with E-state index in [1.807, 2.05) is 11.3 Å². The first-order valence-electron chi connectivity index (χ1n) is 6.94. The summed E-state index contributed by atoms with van der Waals surface area (Å²) >= 11 is 1.86. The van der Waals surface area contributed by atoms with Crippen LogP contribution in [-0.4, -0.2) is 12.1 Å². The van der Waals surface area contributed by atoms with Crippen LogP contribution in [0.2, 0.25) is 0 Å². The monoisotopic (exact) mass is 253 g/mol. The highest BCUT2D eigenvalue weighted by atomic mass is 32.1. The van der Waals surface area contributed by atoms with Crippen LogP contribution in [0.15, 0.2) is 17.5 Å². The van der Waals surface area contributed by atoms with Crippen LogP contribution in [-0.2, 0) is 6.42 Å². The van der Waals surface area contributed by atoms with Crippen LogP contribution in [0.25, 0.3) is 0 Å². The van der Waals surface area contributed by atoms with Gasteiger partial charge in [-0.3, -0.25) is 0 Å². The van der Waals surface area contributed by atoms with Crippen molar-refractivity contribution >= 4 is 11.3 Å². The normalized spacial score (nSPS) is 16.7. The summed E-state index contributed by atoms with van der Waals surface area (Å²) in [5.74, 6) is 0.835. The van der Waals surface area contributed by atoms with E-state index in [2.05, 4.69) is 50.5 Å². The Labute approximate surface area is 111 Å². The van der Waals surface area contributed by atoms with Gasteiger partial charge in [-0.2, -0.15) is 0 Å². The third-order valence-corrected chi connectivity index (χ3v) is 4.38. The Morgan fingerprint density at radius 2 is 2.00 bits per heavy atom. The van der Waals surface area contributed by atoms with Crippen molar-refractivity contribution in [2.75, 3.05) is 0 Å². The molecule has 0 fully saturated rings. The molecule has 0 bridgehead atoms. The minimum atomic E-state index is 0.586. The summed E-state index contributed by atoms with van der Waals surface area (Å²) in [6, 6.07) is 5.64. The van der Waals surface area contributed by atoms with Crippen LogP contribution in [0.5, 0.6) is 0 Å². The molecule has 3 unspecified atom stereocenters. The molecule has 1 N–H and O–H groups in total. The molecule has 0 amide bonds. The van der Waals surface area contributed by atoms with Gasteiger partial charge in [-0.15, -0.1) is 11.3 Å². The van der Waals surface area contributed by atoms with Gasteiger partial charge in [0.25, 0.3) is 0 Å². The van der Waals surface area contributed by atoms with Crippen molar-refractivity contribution in [1.82, 2.24) is 5.32 Å². The molecule has 1 aromatic heterocycles. The second-order valence-electron chi connectivity index (χ2n) is 5.21. The molecule has 17 heavy (non-hydrogen) atoms. The first-order valence-corrected chi connectivity index (χ1v) is 7.82. The molecule has 0 aliphatic heterocycles. The number of hydrogen-bond donors (Lipinski definition) is 1. The molecule has 3 atom stereocenters. The van der Waals surface area contributed by atoms with Gasteiger partial charge in [0.15, 0.2) is 0 Å². The zero-order valence-corrected chi connectivity index (χ0v) is 12.5. The molecule has 0 aliphatic carbocycles. The molecule has 0 aliphatic rings. The van der Waals surface area contributed by atoms with Crippen molar-refractivity contribution in [3.05, 3.63) is 22.4 Å². The van der Waals surface area contributed by atoms with Gasteiger partial charge >= 0.3 is 0 Å². The first-order chi connectivity index (χ1) is 8.15. The van der Waals surface area contributed by atoms with Crippen molar-refractivity contribution in [1.29, 1.82) is 0 Å². The Kier molecular flexibility index (Phi) is 6.83. The van der Waals surface area contributed by atoms with Crippen molar-refractivity contribution in [3.8, 4) is 0 Å². The minimum Gasteiger partial charge on any atom is -0.311 e. The number of rotatable bonds is 8. The van der Waals surface area contributed by atoms with Crippen molar-refractivity contribution < 1.29 is 0 Å². The van der Waals surface area contributed by atoms with E-state index >= 15 is 0 Å². The highest BCUT2D eigenvalue weighted by Crippen LogP contribution is 2.15. The zero-order valence-electron chi connectivity index (χ0n) is 11.7.